The lowest BCUT2D eigenvalue weighted by molar-refractivity contribution is -0.149. The zero-order valence-electron chi connectivity index (χ0n) is 11.2. The number of carbonyl (C=O) groups excluding carboxylic acids is 1. The van der Waals surface area contributed by atoms with Crippen LogP contribution in [0.25, 0.3) is 0 Å². The molecule has 1 rings (SSSR count). The van der Waals surface area contributed by atoms with E-state index in [0.29, 0.717) is 13.0 Å². The van der Waals surface area contributed by atoms with Crippen LogP contribution >= 0.6 is 11.6 Å². The van der Waals surface area contributed by atoms with E-state index in [0.717, 1.165) is 0 Å². The Morgan fingerprint density at radius 1 is 1.43 bits per heavy atom. The van der Waals surface area contributed by atoms with E-state index in [1.54, 1.807) is 0 Å². The van der Waals surface area contributed by atoms with Crippen LogP contribution in [0.4, 0.5) is 13.2 Å². The molecule has 0 bridgehead atoms. The van der Waals surface area contributed by atoms with E-state index >= 15 is 0 Å². The number of halogens is 4. The SMILES string of the molecule is CCCn1cc(Cl)cc1C(=O)N(CC(=O)O)CC(F)(F)F. The number of aliphatic carboxylic acids is 1. The molecule has 0 spiro atoms. The molecule has 0 aliphatic rings. The standard InChI is InChI=1S/C12H14ClF3N2O3/c1-2-3-17-5-8(13)4-9(17)11(21)18(6-10(19)20)7-12(14,15)16/h4-5H,2-3,6-7H2,1H3,(H,19,20). The largest absolute Gasteiger partial charge is 0.480 e. The minimum atomic E-state index is -4.68. The van der Waals surface area contributed by atoms with Crippen molar-refractivity contribution in [2.24, 2.45) is 0 Å². The van der Waals surface area contributed by atoms with Gasteiger partial charge in [-0.25, -0.2) is 0 Å². The maximum absolute atomic E-state index is 12.5. The maximum Gasteiger partial charge on any atom is 0.406 e. The number of amides is 1. The molecule has 0 radical (unpaired) electrons. The monoisotopic (exact) mass is 326 g/mol. The van der Waals surface area contributed by atoms with E-state index in [1.165, 1.54) is 16.8 Å². The van der Waals surface area contributed by atoms with Gasteiger partial charge in [-0.1, -0.05) is 18.5 Å². The molecular weight excluding hydrogens is 313 g/mol. The molecule has 0 unspecified atom stereocenters. The van der Waals surface area contributed by atoms with Crippen molar-refractivity contribution in [2.45, 2.75) is 26.1 Å². The number of hydrogen-bond acceptors (Lipinski definition) is 2. The number of rotatable bonds is 6. The molecule has 0 aromatic carbocycles. The highest BCUT2D eigenvalue weighted by Crippen LogP contribution is 2.20. The number of hydrogen-bond donors (Lipinski definition) is 1. The second-order valence-electron chi connectivity index (χ2n) is 4.41. The molecule has 5 nitrogen and oxygen atoms in total. The molecule has 1 N–H and O–H groups in total. The average molecular weight is 327 g/mol. The Morgan fingerprint density at radius 3 is 2.52 bits per heavy atom. The zero-order valence-corrected chi connectivity index (χ0v) is 11.9. The van der Waals surface area contributed by atoms with Crippen molar-refractivity contribution in [1.82, 2.24) is 9.47 Å². The quantitative estimate of drug-likeness (QED) is 0.874. The van der Waals surface area contributed by atoms with Gasteiger partial charge in [0.05, 0.1) is 5.02 Å². The van der Waals surface area contributed by atoms with E-state index in [2.05, 4.69) is 0 Å². The molecule has 0 atom stereocenters. The summed E-state index contributed by atoms with van der Waals surface area (Å²) in [5.41, 5.74) is -0.0626. The third kappa shape index (κ3) is 5.30. The number of aromatic nitrogens is 1. The normalized spacial score (nSPS) is 11.5. The van der Waals surface area contributed by atoms with E-state index in [9.17, 15) is 22.8 Å². The highest BCUT2D eigenvalue weighted by Gasteiger charge is 2.35. The molecular formula is C12H14ClF3N2O3. The van der Waals surface area contributed by atoms with Crippen molar-refractivity contribution in [3.63, 3.8) is 0 Å². The zero-order chi connectivity index (χ0) is 16.2. The predicted molar refractivity (Wildman–Crippen MR) is 69.3 cm³/mol. The van der Waals surface area contributed by atoms with Crippen molar-refractivity contribution >= 4 is 23.5 Å². The fraction of sp³-hybridized carbons (Fsp3) is 0.500. The first-order valence-corrected chi connectivity index (χ1v) is 6.45. The minimum absolute atomic E-state index is 0.0626. The van der Waals surface area contributed by atoms with Gasteiger partial charge in [0.25, 0.3) is 5.91 Å². The summed E-state index contributed by atoms with van der Waals surface area (Å²) < 4.78 is 38.8. The lowest BCUT2D eigenvalue weighted by Crippen LogP contribution is -2.42. The van der Waals surface area contributed by atoms with Crippen LogP contribution in [-0.2, 0) is 11.3 Å². The number of carboxylic acids is 1. The number of carboxylic acid groups (broad SMARTS) is 1. The third-order valence-electron chi connectivity index (χ3n) is 2.53. The Kier molecular flexibility index (Phi) is 5.65. The Morgan fingerprint density at radius 2 is 2.05 bits per heavy atom. The first-order chi connectivity index (χ1) is 9.64. The molecule has 0 saturated heterocycles. The number of alkyl halides is 3. The van der Waals surface area contributed by atoms with Gasteiger partial charge in [-0.05, 0) is 12.5 Å². The molecule has 21 heavy (non-hydrogen) atoms. The summed E-state index contributed by atoms with van der Waals surface area (Å²) in [5, 5.41) is 8.86. The summed E-state index contributed by atoms with van der Waals surface area (Å²) >= 11 is 5.76. The molecule has 1 aromatic heterocycles. The lowest BCUT2D eigenvalue weighted by atomic mass is 10.3. The molecule has 118 valence electrons. The summed E-state index contributed by atoms with van der Waals surface area (Å²) in [5.74, 6) is -2.54. The highest BCUT2D eigenvalue weighted by molar-refractivity contribution is 6.31. The topological polar surface area (TPSA) is 62.5 Å². The van der Waals surface area contributed by atoms with E-state index in [4.69, 9.17) is 16.7 Å². The van der Waals surface area contributed by atoms with Crippen LogP contribution < -0.4 is 0 Å². The highest BCUT2D eigenvalue weighted by atomic mass is 35.5. The van der Waals surface area contributed by atoms with E-state index < -0.39 is 31.1 Å². The molecule has 0 saturated carbocycles. The Labute approximate surface area is 123 Å². The fourth-order valence-electron chi connectivity index (χ4n) is 1.82. The molecule has 1 amide bonds. The van der Waals surface area contributed by atoms with Gasteiger partial charge in [0.2, 0.25) is 0 Å². The fourth-order valence-corrected chi connectivity index (χ4v) is 2.04. The van der Waals surface area contributed by atoms with Gasteiger partial charge in [-0.2, -0.15) is 13.2 Å². The molecule has 9 heteroatoms. The van der Waals surface area contributed by atoms with Gasteiger partial charge < -0.3 is 14.6 Å². The van der Waals surface area contributed by atoms with Crippen LogP contribution in [0, 0.1) is 0 Å². The summed E-state index contributed by atoms with van der Waals surface area (Å²) in [6, 6.07) is 1.23. The maximum atomic E-state index is 12.5. The van der Waals surface area contributed by atoms with Crippen molar-refractivity contribution in [3.05, 3.63) is 23.0 Å². The van der Waals surface area contributed by atoms with Crippen LogP contribution in [0.3, 0.4) is 0 Å². The van der Waals surface area contributed by atoms with Gasteiger partial charge in [0, 0.05) is 12.7 Å². The lowest BCUT2D eigenvalue weighted by Gasteiger charge is -2.22. The Balaban J connectivity index is 3.06. The molecule has 0 aliphatic heterocycles. The Bertz CT molecular complexity index is 528. The van der Waals surface area contributed by atoms with Crippen molar-refractivity contribution in [1.29, 1.82) is 0 Å². The van der Waals surface area contributed by atoms with Gasteiger partial charge in [-0.15, -0.1) is 0 Å². The number of aryl methyl sites for hydroxylation is 1. The van der Waals surface area contributed by atoms with Crippen LogP contribution in [0.2, 0.25) is 5.02 Å². The smallest absolute Gasteiger partial charge is 0.406 e. The number of carbonyl (C=O) groups is 2. The van der Waals surface area contributed by atoms with Crippen LogP contribution in [-0.4, -0.2) is 45.7 Å². The summed E-state index contributed by atoms with van der Waals surface area (Å²) in [4.78, 5) is 23.0. The average Bonchev–Trinajstić information content (AvgIpc) is 2.66. The van der Waals surface area contributed by atoms with Crippen LogP contribution in [0.5, 0.6) is 0 Å². The van der Waals surface area contributed by atoms with E-state index in [1.807, 2.05) is 6.92 Å². The predicted octanol–water partition coefficient (Wildman–Crippen LogP) is 2.64. The number of nitrogens with zero attached hydrogens (tertiary/aromatic N) is 2. The molecule has 0 fully saturated rings. The van der Waals surface area contributed by atoms with Gasteiger partial charge in [-0.3, -0.25) is 9.59 Å². The molecule has 0 aliphatic carbocycles. The first kappa shape index (κ1) is 17.4. The Hall–Kier alpha value is -1.70. The van der Waals surface area contributed by atoms with Crippen LogP contribution in [0.15, 0.2) is 12.3 Å². The summed E-state index contributed by atoms with van der Waals surface area (Å²) in [6.07, 6.45) is -2.62. The summed E-state index contributed by atoms with van der Waals surface area (Å²) in [6.45, 7) is -0.450. The van der Waals surface area contributed by atoms with Crippen molar-refractivity contribution in [2.75, 3.05) is 13.1 Å². The molecule has 1 heterocycles. The second kappa shape index (κ2) is 6.84. The minimum Gasteiger partial charge on any atom is -0.480 e. The summed E-state index contributed by atoms with van der Waals surface area (Å²) in [7, 11) is 0. The van der Waals surface area contributed by atoms with Gasteiger partial charge in [0.1, 0.15) is 18.8 Å². The third-order valence-corrected chi connectivity index (χ3v) is 2.74. The second-order valence-corrected chi connectivity index (χ2v) is 4.84. The van der Waals surface area contributed by atoms with Gasteiger partial charge >= 0.3 is 12.1 Å². The van der Waals surface area contributed by atoms with Crippen molar-refractivity contribution in [3.8, 4) is 0 Å². The first-order valence-electron chi connectivity index (χ1n) is 6.07. The van der Waals surface area contributed by atoms with Crippen molar-refractivity contribution < 1.29 is 27.9 Å². The van der Waals surface area contributed by atoms with Gasteiger partial charge in [0.15, 0.2) is 0 Å². The van der Waals surface area contributed by atoms with E-state index in [-0.39, 0.29) is 15.6 Å². The molecule has 1 aromatic rings. The van der Waals surface area contributed by atoms with Crippen LogP contribution in [0.1, 0.15) is 23.8 Å².